The Morgan fingerprint density at radius 1 is 1.07 bits per heavy atom. The molecule has 3 rings (SSSR count). The minimum atomic E-state index is -0.216. The fraction of sp³-hybridized carbons (Fsp3) is 0.250. The van der Waals surface area contributed by atoms with Crippen molar-refractivity contribution < 1.29 is 9.59 Å². The molecule has 0 aliphatic rings. The van der Waals surface area contributed by atoms with Crippen molar-refractivity contribution in [3.63, 3.8) is 0 Å². The summed E-state index contributed by atoms with van der Waals surface area (Å²) in [5.41, 5.74) is 1.91. The highest BCUT2D eigenvalue weighted by Crippen LogP contribution is 2.35. The molecule has 28 heavy (non-hydrogen) atoms. The van der Waals surface area contributed by atoms with Gasteiger partial charge in [-0.3, -0.25) is 9.59 Å². The maximum absolute atomic E-state index is 12.7. The highest BCUT2D eigenvalue weighted by molar-refractivity contribution is 7.24. The van der Waals surface area contributed by atoms with E-state index in [1.54, 1.807) is 29.2 Å². The second kappa shape index (κ2) is 8.86. The maximum atomic E-state index is 12.7. The van der Waals surface area contributed by atoms with Crippen molar-refractivity contribution in [2.75, 3.05) is 18.4 Å². The van der Waals surface area contributed by atoms with Gasteiger partial charge in [0, 0.05) is 24.3 Å². The fourth-order valence-corrected chi connectivity index (χ4v) is 4.78. The zero-order valence-corrected chi connectivity index (χ0v) is 18.2. The molecule has 0 radical (unpaired) electrons. The average molecular weight is 434 g/mol. The van der Waals surface area contributed by atoms with Crippen LogP contribution in [0.5, 0.6) is 0 Å². The van der Waals surface area contributed by atoms with Gasteiger partial charge >= 0.3 is 0 Å². The summed E-state index contributed by atoms with van der Waals surface area (Å²) in [5.74, 6) is -0.229. The molecule has 0 unspecified atom stereocenters. The molecule has 1 aromatic carbocycles. The Kier molecular flexibility index (Phi) is 6.49. The minimum absolute atomic E-state index is 0.0135. The lowest BCUT2D eigenvalue weighted by molar-refractivity contribution is 0.0773. The number of anilines is 1. The molecule has 0 aliphatic heterocycles. The van der Waals surface area contributed by atoms with Crippen LogP contribution in [0.4, 0.5) is 5.69 Å². The van der Waals surface area contributed by atoms with Crippen molar-refractivity contribution in [2.24, 2.45) is 0 Å². The second-order valence-electron chi connectivity index (χ2n) is 6.05. The standard InChI is InChI=1S/C20H20ClN3O2S2/c1-4-24(5-2)20(26)13-6-8-14(9-7-13)23-18(25)17-12(3)22-19(28-17)15-10-11-16(21)27-15/h6-11H,4-5H2,1-3H3,(H,23,25). The number of amides is 2. The van der Waals surface area contributed by atoms with Crippen molar-refractivity contribution in [3.8, 4) is 9.88 Å². The molecular weight excluding hydrogens is 414 g/mol. The van der Waals surface area contributed by atoms with Gasteiger partial charge in [-0.15, -0.1) is 22.7 Å². The molecule has 2 aromatic heterocycles. The van der Waals surface area contributed by atoms with E-state index in [-0.39, 0.29) is 11.8 Å². The fourth-order valence-electron chi connectivity index (χ4n) is 2.72. The van der Waals surface area contributed by atoms with E-state index >= 15 is 0 Å². The maximum Gasteiger partial charge on any atom is 0.267 e. The summed E-state index contributed by atoms with van der Waals surface area (Å²) >= 11 is 8.76. The molecule has 5 nitrogen and oxygen atoms in total. The lowest BCUT2D eigenvalue weighted by Gasteiger charge is -2.18. The summed E-state index contributed by atoms with van der Waals surface area (Å²) in [7, 11) is 0. The molecule has 0 atom stereocenters. The SMILES string of the molecule is CCN(CC)C(=O)c1ccc(NC(=O)c2sc(-c3ccc(Cl)s3)nc2C)cc1. The second-order valence-corrected chi connectivity index (χ2v) is 8.76. The first kappa shape index (κ1) is 20.5. The smallest absolute Gasteiger partial charge is 0.267 e. The van der Waals surface area contributed by atoms with Crippen LogP contribution >= 0.6 is 34.3 Å². The van der Waals surface area contributed by atoms with Crippen molar-refractivity contribution in [1.82, 2.24) is 9.88 Å². The summed E-state index contributed by atoms with van der Waals surface area (Å²) in [5, 5.41) is 3.65. The molecule has 0 aliphatic carbocycles. The molecule has 0 fully saturated rings. The Balaban J connectivity index is 1.73. The number of thiophene rings is 1. The van der Waals surface area contributed by atoms with Crippen LogP contribution in [0, 0.1) is 6.92 Å². The molecular formula is C20H20ClN3O2S2. The molecule has 2 amide bonds. The van der Waals surface area contributed by atoms with E-state index in [1.807, 2.05) is 32.9 Å². The molecule has 0 saturated heterocycles. The van der Waals surface area contributed by atoms with Crippen LogP contribution < -0.4 is 5.32 Å². The number of aryl methyl sites for hydroxylation is 1. The molecule has 2 heterocycles. The van der Waals surface area contributed by atoms with Crippen molar-refractivity contribution in [3.05, 3.63) is 56.9 Å². The minimum Gasteiger partial charge on any atom is -0.339 e. The van der Waals surface area contributed by atoms with Gasteiger partial charge in [-0.2, -0.15) is 0 Å². The number of rotatable bonds is 6. The first-order valence-electron chi connectivity index (χ1n) is 8.86. The Bertz CT molecular complexity index is 991. The lowest BCUT2D eigenvalue weighted by atomic mass is 10.1. The number of halogens is 1. The van der Waals surface area contributed by atoms with Gasteiger partial charge in [0.15, 0.2) is 0 Å². The molecule has 146 valence electrons. The van der Waals surface area contributed by atoms with Crippen LogP contribution in [-0.2, 0) is 0 Å². The number of benzene rings is 1. The van der Waals surface area contributed by atoms with Crippen LogP contribution in [0.1, 0.15) is 39.6 Å². The molecule has 0 bridgehead atoms. The molecule has 3 aromatic rings. The van der Waals surface area contributed by atoms with Gasteiger partial charge in [0.1, 0.15) is 9.88 Å². The van der Waals surface area contributed by atoms with Crippen LogP contribution in [-0.4, -0.2) is 34.8 Å². The van der Waals surface area contributed by atoms with Gasteiger partial charge < -0.3 is 10.2 Å². The van der Waals surface area contributed by atoms with E-state index in [2.05, 4.69) is 10.3 Å². The van der Waals surface area contributed by atoms with E-state index in [0.29, 0.717) is 39.2 Å². The van der Waals surface area contributed by atoms with Crippen molar-refractivity contribution in [2.45, 2.75) is 20.8 Å². The Morgan fingerprint density at radius 2 is 1.75 bits per heavy atom. The summed E-state index contributed by atoms with van der Waals surface area (Å²) in [4.78, 5) is 32.8. The first-order valence-corrected chi connectivity index (χ1v) is 10.9. The van der Waals surface area contributed by atoms with Crippen LogP contribution in [0.2, 0.25) is 4.34 Å². The molecule has 1 N–H and O–H groups in total. The van der Waals surface area contributed by atoms with Gasteiger partial charge in [0.25, 0.3) is 11.8 Å². The monoisotopic (exact) mass is 433 g/mol. The Morgan fingerprint density at radius 3 is 2.32 bits per heavy atom. The highest BCUT2D eigenvalue weighted by Gasteiger charge is 2.18. The number of hydrogen-bond acceptors (Lipinski definition) is 5. The normalized spacial score (nSPS) is 10.7. The predicted molar refractivity (Wildman–Crippen MR) is 117 cm³/mol. The highest BCUT2D eigenvalue weighted by atomic mass is 35.5. The topological polar surface area (TPSA) is 62.3 Å². The summed E-state index contributed by atoms with van der Waals surface area (Å²) < 4.78 is 0.688. The Labute approximate surface area is 177 Å². The van der Waals surface area contributed by atoms with Gasteiger partial charge in [-0.25, -0.2) is 4.98 Å². The van der Waals surface area contributed by atoms with E-state index in [4.69, 9.17) is 11.6 Å². The van der Waals surface area contributed by atoms with E-state index < -0.39 is 0 Å². The summed E-state index contributed by atoms with van der Waals surface area (Å²) in [6.45, 7) is 7.04. The van der Waals surface area contributed by atoms with Gasteiger partial charge in [0.05, 0.1) is 14.9 Å². The molecule has 0 saturated carbocycles. The summed E-state index contributed by atoms with van der Waals surface area (Å²) in [6, 6.07) is 10.7. The van der Waals surface area contributed by atoms with E-state index in [9.17, 15) is 9.59 Å². The van der Waals surface area contributed by atoms with Crippen molar-refractivity contribution >= 4 is 51.8 Å². The number of hydrogen-bond donors (Lipinski definition) is 1. The lowest BCUT2D eigenvalue weighted by Crippen LogP contribution is -2.30. The van der Waals surface area contributed by atoms with Crippen LogP contribution in [0.15, 0.2) is 36.4 Å². The number of carbonyl (C=O) groups excluding carboxylic acids is 2. The van der Waals surface area contributed by atoms with Crippen molar-refractivity contribution in [1.29, 1.82) is 0 Å². The number of aromatic nitrogens is 1. The zero-order valence-electron chi connectivity index (χ0n) is 15.8. The third-order valence-electron chi connectivity index (χ3n) is 4.23. The third kappa shape index (κ3) is 4.43. The summed E-state index contributed by atoms with van der Waals surface area (Å²) in [6.07, 6.45) is 0. The molecule has 8 heteroatoms. The zero-order chi connectivity index (χ0) is 20.3. The quantitative estimate of drug-likeness (QED) is 0.552. The third-order valence-corrected chi connectivity index (χ3v) is 6.78. The van der Waals surface area contributed by atoms with Gasteiger partial charge in [-0.1, -0.05) is 11.6 Å². The van der Waals surface area contributed by atoms with Crippen LogP contribution in [0.25, 0.3) is 9.88 Å². The number of thiazole rings is 1. The predicted octanol–water partition coefficient (Wildman–Crippen LogP) is 5.57. The Hall–Kier alpha value is -2.22. The van der Waals surface area contributed by atoms with E-state index in [0.717, 1.165) is 9.88 Å². The number of nitrogens with one attached hydrogen (secondary N) is 1. The van der Waals surface area contributed by atoms with Gasteiger partial charge in [-0.05, 0) is 57.2 Å². The largest absolute Gasteiger partial charge is 0.339 e. The number of carbonyl (C=O) groups is 2. The first-order chi connectivity index (χ1) is 13.4. The van der Waals surface area contributed by atoms with Gasteiger partial charge in [0.2, 0.25) is 0 Å². The van der Waals surface area contributed by atoms with E-state index in [1.165, 1.54) is 22.7 Å². The average Bonchev–Trinajstić information content (AvgIpc) is 3.29. The number of nitrogens with zero attached hydrogens (tertiary/aromatic N) is 2. The molecule has 0 spiro atoms. The van der Waals surface area contributed by atoms with Crippen LogP contribution in [0.3, 0.4) is 0 Å².